The van der Waals surface area contributed by atoms with Crippen LogP contribution in [-0.2, 0) is 0 Å². The fourth-order valence-electron chi connectivity index (χ4n) is 1.61. The molecule has 0 aromatic heterocycles. The molecule has 0 fully saturated rings. The van der Waals surface area contributed by atoms with E-state index in [1.807, 2.05) is 6.07 Å². The van der Waals surface area contributed by atoms with E-state index in [0.29, 0.717) is 15.7 Å². The molecule has 0 radical (unpaired) electrons. The quantitative estimate of drug-likeness (QED) is 0.827. The predicted molar refractivity (Wildman–Crippen MR) is 77.6 cm³/mol. The second kappa shape index (κ2) is 5.72. The zero-order valence-electron chi connectivity index (χ0n) is 10.2. The number of carbonyl (C=O) groups excluding carboxylic acids is 1. The summed E-state index contributed by atoms with van der Waals surface area (Å²) < 4.78 is 14.2. The number of amides is 1. The largest absolute Gasteiger partial charge is 0.397 e. The first-order valence-electron chi connectivity index (χ1n) is 5.57. The van der Waals surface area contributed by atoms with Crippen molar-refractivity contribution in [2.24, 2.45) is 0 Å². The molecule has 0 aliphatic rings. The topological polar surface area (TPSA) is 78.9 Å². The molecule has 0 heterocycles. The summed E-state index contributed by atoms with van der Waals surface area (Å²) in [5.41, 5.74) is 6.58. The fourth-order valence-corrected chi connectivity index (χ4v) is 1.97. The number of nitrogens with zero attached hydrogens (tertiary/aromatic N) is 1. The van der Waals surface area contributed by atoms with Gasteiger partial charge in [-0.25, -0.2) is 4.39 Å². The fraction of sp³-hybridized carbons (Fsp3) is 0. The summed E-state index contributed by atoms with van der Waals surface area (Å²) in [6.45, 7) is 0. The van der Waals surface area contributed by atoms with Crippen LogP contribution >= 0.6 is 15.9 Å². The van der Waals surface area contributed by atoms with E-state index in [2.05, 4.69) is 21.2 Å². The Labute approximate surface area is 123 Å². The molecular formula is C14H9BrFN3O. The van der Waals surface area contributed by atoms with Crippen molar-refractivity contribution in [3.63, 3.8) is 0 Å². The van der Waals surface area contributed by atoms with Crippen LogP contribution in [0.5, 0.6) is 0 Å². The summed E-state index contributed by atoms with van der Waals surface area (Å²) in [5, 5.41) is 11.2. The van der Waals surface area contributed by atoms with Crippen LogP contribution in [0.4, 0.5) is 15.8 Å². The molecule has 100 valence electrons. The maximum Gasteiger partial charge on any atom is 0.258 e. The molecule has 3 N–H and O–H groups in total. The molecule has 0 aliphatic heterocycles. The summed E-state index contributed by atoms with van der Waals surface area (Å²) in [6, 6.07) is 10.5. The third-order valence-corrected chi connectivity index (χ3v) is 3.10. The molecule has 0 aliphatic carbocycles. The SMILES string of the molecule is N#Cc1ccc(NC(=O)c2cc(Br)ccc2F)c(N)c1. The maximum absolute atomic E-state index is 13.6. The van der Waals surface area contributed by atoms with Crippen LogP contribution in [0.25, 0.3) is 0 Å². The molecule has 2 aromatic rings. The number of nitrogens with two attached hydrogens (primary N) is 1. The van der Waals surface area contributed by atoms with Crippen LogP contribution in [0.15, 0.2) is 40.9 Å². The molecule has 1 amide bonds. The second-order valence-corrected chi connectivity index (χ2v) is 4.91. The molecule has 0 saturated carbocycles. The molecule has 20 heavy (non-hydrogen) atoms. The number of benzene rings is 2. The summed E-state index contributed by atoms with van der Waals surface area (Å²) in [6.07, 6.45) is 0. The van der Waals surface area contributed by atoms with E-state index < -0.39 is 11.7 Å². The van der Waals surface area contributed by atoms with Crippen molar-refractivity contribution in [3.8, 4) is 6.07 Å². The lowest BCUT2D eigenvalue weighted by atomic mass is 10.1. The summed E-state index contributed by atoms with van der Waals surface area (Å²) in [4.78, 5) is 12.0. The van der Waals surface area contributed by atoms with Crippen molar-refractivity contribution in [3.05, 3.63) is 57.8 Å². The van der Waals surface area contributed by atoms with Gasteiger partial charge in [-0.05, 0) is 36.4 Å². The van der Waals surface area contributed by atoms with Gasteiger partial charge >= 0.3 is 0 Å². The predicted octanol–water partition coefficient (Wildman–Crippen LogP) is 3.29. The van der Waals surface area contributed by atoms with Gasteiger partial charge in [0.05, 0.1) is 28.6 Å². The molecule has 0 bridgehead atoms. The third-order valence-electron chi connectivity index (χ3n) is 2.60. The number of anilines is 2. The van der Waals surface area contributed by atoms with Gasteiger partial charge in [0.25, 0.3) is 5.91 Å². The van der Waals surface area contributed by atoms with Crippen molar-refractivity contribution in [2.45, 2.75) is 0 Å². The van der Waals surface area contributed by atoms with E-state index in [1.54, 1.807) is 0 Å². The zero-order valence-corrected chi connectivity index (χ0v) is 11.7. The van der Waals surface area contributed by atoms with Gasteiger partial charge in [-0.3, -0.25) is 4.79 Å². The number of carbonyl (C=O) groups is 1. The third kappa shape index (κ3) is 2.95. The first-order valence-corrected chi connectivity index (χ1v) is 6.36. The number of halogens is 2. The van der Waals surface area contributed by atoms with Crippen molar-refractivity contribution in [1.82, 2.24) is 0 Å². The summed E-state index contributed by atoms with van der Waals surface area (Å²) >= 11 is 3.18. The lowest BCUT2D eigenvalue weighted by Crippen LogP contribution is -2.15. The number of rotatable bonds is 2. The van der Waals surface area contributed by atoms with E-state index in [4.69, 9.17) is 11.0 Å². The highest BCUT2D eigenvalue weighted by Crippen LogP contribution is 2.22. The monoisotopic (exact) mass is 333 g/mol. The van der Waals surface area contributed by atoms with E-state index in [9.17, 15) is 9.18 Å². The van der Waals surface area contributed by atoms with Gasteiger partial charge in [-0.15, -0.1) is 0 Å². The lowest BCUT2D eigenvalue weighted by molar-refractivity contribution is 0.102. The van der Waals surface area contributed by atoms with Crippen LogP contribution < -0.4 is 11.1 Å². The number of nitriles is 1. The number of hydrogen-bond donors (Lipinski definition) is 2. The maximum atomic E-state index is 13.6. The van der Waals surface area contributed by atoms with Gasteiger partial charge in [0.15, 0.2) is 0 Å². The normalized spacial score (nSPS) is 9.85. The van der Waals surface area contributed by atoms with E-state index in [0.717, 1.165) is 0 Å². The van der Waals surface area contributed by atoms with Crippen molar-refractivity contribution < 1.29 is 9.18 Å². The molecule has 0 unspecified atom stereocenters. The van der Waals surface area contributed by atoms with E-state index in [1.165, 1.54) is 36.4 Å². The van der Waals surface area contributed by atoms with Gasteiger partial charge in [0, 0.05) is 4.47 Å². The van der Waals surface area contributed by atoms with Gasteiger partial charge in [0.1, 0.15) is 5.82 Å². The minimum atomic E-state index is -0.627. The highest BCUT2D eigenvalue weighted by atomic mass is 79.9. The molecule has 2 aromatic carbocycles. The van der Waals surface area contributed by atoms with Crippen LogP contribution in [0.1, 0.15) is 15.9 Å². The van der Waals surface area contributed by atoms with E-state index >= 15 is 0 Å². The molecule has 0 saturated heterocycles. The molecule has 0 spiro atoms. The molecule has 0 atom stereocenters. The molecule has 6 heteroatoms. The lowest BCUT2D eigenvalue weighted by Gasteiger charge is -2.09. The first kappa shape index (κ1) is 14.0. The highest BCUT2D eigenvalue weighted by molar-refractivity contribution is 9.10. The second-order valence-electron chi connectivity index (χ2n) is 3.99. The Morgan fingerprint density at radius 1 is 1.30 bits per heavy atom. The Kier molecular flexibility index (Phi) is 4.01. The Hall–Kier alpha value is -2.39. The molecular weight excluding hydrogens is 325 g/mol. The zero-order chi connectivity index (χ0) is 14.7. The van der Waals surface area contributed by atoms with Crippen molar-refractivity contribution >= 4 is 33.2 Å². The van der Waals surface area contributed by atoms with Gasteiger partial charge in [0.2, 0.25) is 0 Å². The van der Waals surface area contributed by atoms with Crippen LogP contribution in [0, 0.1) is 17.1 Å². The first-order chi connectivity index (χ1) is 9.51. The minimum absolute atomic E-state index is 0.0943. The Bertz CT molecular complexity index is 725. The number of nitrogens with one attached hydrogen (secondary N) is 1. The molecule has 4 nitrogen and oxygen atoms in total. The number of hydrogen-bond acceptors (Lipinski definition) is 3. The Balaban J connectivity index is 2.28. The van der Waals surface area contributed by atoms with Crippen molar-refractivity contribution in [2.75, 3.05) is 11.1 Å². The van der Waals surface area contributed by atoms with Gasteiger partial charge in [-0.1, -0.05) is 15.9 Å². The summed E-state index contributed by atoms with van der Waals surface area (Å²) in [7, 11) is 0. The average Bonchev–Trinajstić information content (AvgIpc) is 2.43. The smallest absolute Gasteiger partial charge is 0.258 e. The average molecular weight is 334 g/mol. The van der Waals surface area contributed by atoms with Gasteiger partial charge in [-0.2, -0.15) is 5.26 Å². The minimum Gasteiger partial charge on any atom is -0.397 e. The van der Waals surface area contributed by atoms with Gasteiger partial charge < -0.3 is 11.1 Å². The highest BCUT2D eigenvalue weighted by Gasteiger charge is 2.13. The van der Waals surface area contributed by atoms with Crippen LogP contribution in [0.2, 0.25) is 0 Å². The standard InChI is InChI=1S/C14H9BrFN3O/c15-9-2-3-11(16)10(6-9)14(20)19-13-4-1-8(7-17)5-12(13)18/h1-6H,18H2,(H,19,20). The summed E-state index contributed by atoms with van der Waals surface area (Å²) in [5.74, 6) is -1.24. The Morgan fingerprint density at radius 3 is 2.70 bits per heavy atom. The van der Waals surface area contributed by atoms with Crippen molar-refractivity contribution in [1.29, 1.82) is 5.26 Å². The molecule has 2 rings (SSSR count). The Morgan fingerprint density at radius 2 is 2.05 bits per heavy atom. The van der Waals surface area contributed by atoms with E-state index in [-0.39, 0.29) is 11.3 Å². The van der Waals surface area contributed by atoms with Crippen LogP contribution in [0.3, 0.4) is 0 Å². The number of nitrogen functional groups attached to an aromatic ring is 1. The van der Waals surface area contributed by atoms with Crippen LogP contribution in [-0.4, -0.2) is 5.91 Å².